The summed E-state index contributed by atoms with van der Waals surface area (Å²) in [7, 11) is 0. The molecule has 0 amide bonds. The Morgan fingerprint density at radius 2 is 1.58 bits per heavy atom. The van der Waals surface area contributed by atoms with Gasteiger partial charge in [-0.2, -0.15) is 0 Å². The molecule has 0 bridgehead atoms. The standard InChI is InChI=1S/C4H5NO.2C2H6.C2H4/c1-4-2-5-3-6-4;3*1-2/h2-3H,1H3;2*1-2H3;1-2H2. The zero-order valence-corrected chi connectivity index (χ0v) is 8.92. The van der Waals surface area contributed by atoms with E-state index in [-0.39, 0.29) is 0 Å². The van der Waals surface area contributed by atoms with E-state index in [1.807, 2.05) is 34.6 Å². The molecule has 1 aromatic rings. The molecule has 1 rings (SSSR count). The highest BCUT2D eigenvalue weighted by Crippen LogP contribution is 1.88. The van der Waals surface area contributed by atoms with Crippen LogP contribution in [0, 0.1) is 6.92 Å². The van der Waals surface area contributed by atoms with Crippen molar-refractivity contribution in [1.82, 2.24) is 4.98 Å². The summed E-state index contributed by atoms with van der Waals surface area (Å²) in [5, 5.41) is 0. The highest BCUT2D eigenvalue weighted by Gasteiger charge is 1.77. The average molecular weight is 171 g/mol. The highest BCUT2D eigenvalue weighted by atomic mass is 16.3. The minimum absolute atomic E-state index is 0.856. The molecule has 1 heterocycles. The topological polar surface area (TPSA) is 26.0 Å². The third-order valence-electron chi connectivity index (χ3n) is 0.556. The summed E-state index contributed by atoms with van der Waals surface area (Å²) in [6.07, 6.45) is 3.08. The number of oxazole rings is 1. The Hall–Kier alpha value is -1.05. The molecule has 0 saturated heterocycles. The van der Waals surface area contributed by atoms with Crippen LogP contribution in [0.4, 0.5) is 0 Å². The van der Waals surface area contributed by atoms with Gasteiger partial charge in [0.2, 0.25) is 0 Å². The van der Waals surface area contributed by atoms with Gasteiger partial charge in [-0.3, -0.25) is 0 Å². The molecule has 0 aliphatic heterocycles. The largest absolute Gasteiger partial charge is 0.449 e. The van der Waals surface area contributed by atoms with Gasteiger partial charge in [0.1, 0.15) is 5.76 Å². The maximum Gasteiger partial charge on any atom is 0.180 e. The van der Waals surface area contributed by atoms with Crippen LogP contribution in [0.25, 0.3) is 0 Å². The number of aromatic nitrogens is 1. The lowest BCUT2D eigenvalue weighted by Crippen LogP contribution is -1.50. The maximum atomic E-state index is 4.72. The van der Waals surface area contributed by atoms with Gasteiger partial charge in [0.15, 0.2) is 6.39 Å². The predicted octanol–water partition coefficient (Wildman–Crippen LogP) is 3.84. The summed E-state index contributed by atoms with van der Waals surface area (Å²) in [6, 6.07) is 0. The second kappa shape index (κ2) is 22.5. The molecule has 0 unspecified atom stereocenters. The van der Waals surface area contributed by atoms with Crippen molar-refractivity contribution in [3.05, 3.63) is 31.5 Å². The van der Waals surface area contributed by atoms with E-state index >= 15 is 0 Å². The second-order valence-electron chi connectivity index (χ2n) is 1.11. The van der Waals surface area contributed by atoms with Gasteiger partial charge in [-0.1, -0.05) is 27.7 Å². The molecule has 0 aliphatic rings. The Labute approximate surface area is 76.3 Å². The van der Waals surface area contributed by atoms with E-state index in [1.165, 1.54) is 6.39 Å². The fourth-order valence-corrected chi connectivity index (χ4v) is 0.279. The Morgan fingerprint density at radius 1 is 1.17 bits per heavy atom. The van der Waals surface area contributed by atoms with Gasteiger partial charge in [-0.15, -0.1) is 13.2 Å². The first-order valence-corrected chi connectivity index (χ1v) is 4.24. The summed E-state index contributed by atoms with van der Waals surface area (Å²) < 4.78 is 4.72. The zero-order chi connectivity index (χ0) is 10.4. The van der Waals surface area contributed by atoms with Gasteiger partial charge < -0.3 is 4.42 Å². The Morgan fingerprint density at radius 3 is 1.67 bits per heavy atom. The first-order chi connectivity index (χ1) is 5.89. The van der Waals surface area contributed by atoms with Crippen molar-refractivity contribution in [3.63, 3.8) is 0 Å². The van der Waals surface area contributed by atoms with Crippen molar-refractivity contribution >= 4 is 0 Å². The first kappa shape index (κ1) is 17.2. The van der Waals surface area contributed by atoms with Gasteiger partial charge in [-0.25, -0.2) is 4.98 Å². The van der Waals surface area contributed by atoms with Crippen LogP contribution in [0.3, 0.4) is 0 Å². The van der Waals surface area contributed by atoms with Crippen LogP contribution in [0.1, 0.15) is 33.5 Å². The Bertz CT molecular complexity index is 124. The number of hydrogen-bond donors (Lipinski definition) is 0. The van der Waals surface area contributed by atoms with Crippen molar-refractivity contribution in [1.29, 1.82) is 0 Å². The normalized spacial score (nSPS) is 5.75. The van der Waals surface area contributed by atoms with Gasteiger partial charge in [0.25, 0.3) is 0 Å². The smallest absolute Gasteiger partial charge is 0.180 e. The molecule has 0 spiro atoms. The van der Waals surface area contributed by atoms with Crippen LogP contribution in [-0.2, 0) is 0 Å². The van der Waals surface area contributed by atoms with Crippen LogP contribution in [0.15, 0.2) is 30.2 Å². The van der Waals surface area contributed by atoms with Crippen LogP contribution in [0.2, 0.25) is 0 Å². The first-order valence-electron chi connectivity index (χ1n) is 4.24. The van der Waals surface area contributed by atoms with Crippen molar-refractivity contribution < 1.29 is 4.42 Å². The quantitative estimate of drug-likeness (QED) is 0.554. The van der Waals surface area contributed by atoms with Crippen molar-refractivity contribution in [2.75, 3.05) is 0 Å². The van der Waals surface area contributed by atoms with Crippen molar-refractivity contribution in [2.45, 2.75) is 34.6 Å². The van der Waals surface area contributed by atoms with Gasteiger partial charge in [0.05, 0.1) is 6.20 Å². The lowest BCUT2D eigenvalue weighted by molar-refractivity contribution is 0.527. The molecule has 2 nitrogen and oxygen atoms in total. The maximum absolute atomic E-state index is 4.72. The summed E-state index contributed by atoms with van der Waals surface area (Å²) in [6.45, 7) is 15.9. The molecular formula is C10H21NO. The lowest BCUT2D eigenvalue weighted by Gasteiger charge is -1.66. The minimum Gasteiger partial charge on any atom is -0.449 e. The van der Waals surface area contributed by atoms with E-state index in [0.29, 0.717) is 0 Å². The number of rotatable bonds is 0. The zero-order valence-electron chi connectivity index (χ0n) is 8.92. The summed E-state index contributed by atoms with van der Waals surface area (Å²) >= 11 is 0. The number of aryl methyl sites for hydroxylation is 1. The molecule has 0 atom stereocenters. The molecule has 2 heteroatoms. The third kappa shape index (κ3) is 16.0. The number of hydrogen-bond acceptors (Lipinski definition) is 2. The van der Waals surface area contributed by atoms with Crippen LogP contribution in [0.5, 0.6) is 0 Å². The van der Waals surface area contributed by atoms with E-state index in [0.717, 1.165) is 5.76 Å². The molecule has 0 aromatic carbocycles. The number of nitrogens with zero attached hydrogens (tertiary/aromatic N) is 1. The summed E-state index contributed by atoms with van der Waals surface area (Å²) in [5.74, 6) is 0.856. The molecule has 0 radical (unpaired) electrons. The van der Waals surface area contributed by atoms with Crippen molar-refractivity contribution in [2.24, 2.45) is 0 Å². The minimum atomic E-state index is 0.856. The average Bonchev–Trinajstić information content (AvgIpc) is 2.66. The van der Waals surface area contributed by atoms with Gasteiger partial charge in [0, 0.05) is 0 Å². The Kier molecular flexibility index (Phi) is 32.2. The molecule has 12 heavy (non-hydrogen) atoms. The van der Waals surface area contributed by atoms with E-state index in [1.54, 1.807) is 6.20 Å². The molecule has 0 N–H and O–H groups in total. The second-order valence-corrected chi connectivity index (χ2v) is 1.11. The van der Waals surface area contributed by atoms with Crippen LogP contribution >= 0.6 is 0 Å². The highest BCUT2D eigenvalue weighted by molar-refractivity contribution is 4.80. The SMILES string of the molecule is C=C.CC.CC.Cc1cnco1. The molecule has 1 aromatic heterocycles. The lowest BCUT2D eigenvalue weighted by atomic mass is 10.6. The fraction of sp³-hybridized carbons (Fsp3) is 0.500. The molecule has 0 saturated carbocycles. The van der Waals surface area contributed by atoms with Crippen molar-refractivity contribution in [3.8, 4) is 0 Å². The molecule has 72 valence electrons. The predicted molar refractivity (Wildman–Crippen MR) is 55.2 cm³/mol. The fourth-order valence-electron chi connectivity index (χ4n) is 0.279. The van der Waals surface area contributed by atoms with E-state index < -0.39 is 0 Å². The Balaban J connectivity index is -0.000000117. The van der Waals surface area contributed by atoms with E-state index in [9.17, 15) is 0 Å². The van der Waals surface area contributed by atoms with Gasteiger partial charge in [-0.05, 0) is 6.92 Å². The summed E-state index contributed by atoms with van der Waals surface area (Å²) in [4.78, 5) is 3.66. The van der Waals surface area contributed by atoms with E-state index in [2.05, 4.69) is 18.1 Å². The molecule has 0 aliphatic carbocycles. The molecule has 0 fully saturated rings. The molecular weight excluding hydrogens is 150 g/mol. The monoisotopic (exact) mass is 171 g/mol. The van der Waals surface area contributed by atoms with Crippen LogP contribution < -0.4 is 0 Å². The third-order valence-corrected chi connectivity index (χ3v) is 0.556. The summed E-state index contributed by atoms with van der Waals surface area (Å²) in [5.41, 5.74) is 0. The van der Waals surface area contributed by atoms with Gasteiger partial charge >= 0.3 is 0 Å². The van der Waals surface area contributed by atoms with E-state index in [4.69, 9.17) is 4.42 Å². The van der Waals surface area contributed by atoms with Crippen LogP contribution in [-0.4, -0.2) is 4.98 Å².